The second kappa shape index (κ2) is 20.1. The number of halogens is 2. The van der Waals surface area contributed by atoms with E-state index < -0.39 is 18.1 Å². The van der Waals surface area contributed by atoms with E-state index in [9.17, 15) is 18.7 Å². The monoisotopic (exact) mass is 669 g/mol. The SMILES string of the molecule is CC[C@H](C)[C@@H](CNc1ccc(F)cc1)NC(=O)[C@@H](C[C@H](O)[C@@H](N)COCc1ccc(-c2ccc(F)cc2)c(OCCCOC)c1)C(C)C. The standard InChI is InChI=1S/C38H53F2N3O5/c1-6-26(4)35(22-42-31-15-13-30(40)14-16-31)43-38(45)33(25(2)3)21-36(44)34(41)24-47-23-27-8-17-32(28-9-11-29(39)12-10-28)37(20-27)48-19-7-18-46-5/h8-17,20,25-26,33-36,42,44H,6-7,18-19,21-24,41H2,1-5H3,(H,43,45)/t26-,33-,34-,35+,36-/m0/s1. The highest BCUT2D eigenvalue weighted by atomic mass is 19.1. The van der Waals surface area contributed by atoms with Gasteiger partial charge in [0.25, 0.3) is 0 Å². The normalized spacial score (nSPS) is 14.6. The fourth-order valence-corrected chi connectivity index (χ4v) is 5.33. The van der Waals surface area contributed by atoms with Crippen LogP contribution in [0.25, 0.3) is 11.1 Å². The maximum absolute atomic E-state index is 13.5. The van der Waals surface area contributed by atoms with E-state index in [1.165, 1.54) is 24.3 Å². The lowest BCUT2D eigenvalue weighted by atomic mass is 9.86. The fraction of sp³-hybridized carbons (Fsp3) is 0.500. The fourth-order valence-electron chi connectivity index (χ4n) is 5.33. The third-order valence-corrected chi connectivity index (χ3v) is 8.69. The highest BCUT2D eigenvalue weighted by molar-refractivity contribution is 5.79. The lowest BCUT2D eigenvalue weighted by Gasteiger charge is -2.30. The molecule has 0 aliphatic carbocycles. The topological polar surface area (TPSA) is 115 Å². The molecule has 264 valence electrons. The van der Waals surface area contributed by atoms with Crippen LogP contribution in [-0.2, 0) is 20.9 Å². The Hall–Kier alpha value is -3.57. The van der Waals surface area contributed by atoms with Crippen LogP contribution in [0.2, 0.25) is 0 Å². The van der Waals surface area contributed by atoms with Crippen molar-refractivity contribution in [3.05, 3.63) is 83.9 Å². The van der Waals surface area contributed by atoms with Crippen molar-refractivity contribution in [3.63, 3.8) is 0 Å². The number of nitrogens with two attached hydrogens (primary N) is 1. The Morgan fingerprint density at radius 1 is 0.958 bits per heavy atom. The first-order chi connectivity index (χ1) is 23.0. The Morgan fingerprint density at radius 3 is 2.25 bits per heavy atom. The van der Waals surface area contributed by atoms with Crippen molar-refractivity contribution >= 4 is 11.6 Å². The molecule has 5 N–H and O–H groups in total. The maximum atomic E-state index is 13.5. The third kappa shape index (κ3) is 12.5. The van der Waals surface area contributed by atoms with Crippen molar-refractivity contribution in [2.75, 3.05) is 38.8 Å². The summed E-state index contributed by atoms with van der Waals surface area (Å²) < 4.78 is 44.0. The average molecular weight is 670 g/mol. The van der Waals surface area contributed by atoms with Gasteiger partial charge in [0.15, 0.2) is 0 Å². The molecule has 48 heavy (non-hydrogen) atoms. The number of amides is 1. The number of ether oxygens (including phenoxy) is 3. The summed E-state index contributed by atoms with van der Waals surface area (Å²) in [6.45, 7) is 9.91. The maximum Gasteiger partial charge on any atom is 0.223 e. The predicted octanol–water partition coefficient (Wildman–Crippen LogP) is 6.56. The molecule has 3 aromatic carbocycles. The number of aliphatic hydroxyl groups excluding tert-OH is 1. The Labute approximate surface area is 284 Å². The van der Waals surface area contributed by atoms with Crippen LogP contribution in [-0.4, -0.2) is 62.7 Å². The number of nitrogens with one attached hydrogen (secondary N) is 2. The predicted molar refractivity (Wildman–Crippen MR) is 187 cm³/mol. The molecule has 0 heterocycles. The van der Waals surface area contributed by atoms with Crippen LogP contribution >= 0.6 is 0 Å². The molecule has 0 saturated heterocycles. The number of carbonyl (C=O) groups excluding carboxylic acids is 1. The van der Waals surface area contributed by atoms with Crippen molar-refractivity contribution in [2.24, 2.45) is 23.5 Å². The molecular formula is C38H53F2N3O5. The summed E-state index contributed by atoms with van der Waals surface area (Å²) in [7, 11) is 1.64. The molecule has 0 bridgehead atoms. The van der Waals surface area contributed by atoms with Crippen LogP contribution in [0.15, 0.2) is 66.7 Å². The van der Waals surface area contributed by atoms with Crippen LogP contribution in [0.5, 0.6) is 5.75 Å². The first kappa shape index (κ1) is 38.9. The van der Waals surface area contributed by atoms with E-state index >= 15 is 0 Å². The van der Waals surface area contributed by atoms with Gasteiger partial charge in [-0.1, -0.05) is 58.4 Å². The van der Waals surface area contributed by atoms with Gasteiger partial charge >= 0.3 is 0 Å². The molecule has 10 heteroatoms. The van der Waals surface area contributed by atoms with Crippen molar-refractivity contribution < 1.29 is 32.9 Å². The Bertz CT molecular complexity index is 1370. The Kier molecular flexibility index (Phi) is 16.2. The van der Waals surface area contributed by atoms with Gasteiger partial charge in [-0.15, -0.1) is 0 Å². The van der Waals surface area contributed by atoms with E-state index in [1.807, 2.05) is 32.0 Å². The Morgan fingerprint density at radius 2 is 1.62 bits per heavy atom. The van der Waals surface area contributed by atoms with Crippen molar-refractivity contribution in [1.82, 2.24) is 5.32 Å². The summed E-state index contributed by atoms with van der Waals surface area (Å²) in [6, 6.07) is 17.2. The molecule has 3 rings (SSSR count). The van der Waals surface area contributed by atoms with Gasteiger partial charge in [0.1, 0.15) is 17.4 Å². The van der Waals surface area contributed by atoms with Crippen LogP contribution in [0, 0.1) is 29.4 Å². The Balaban J connectivity index is 1.57. The molecule has 0 aromatic heterocycles. The van der Waals surface area contributed by atoms with Gasteiger partial charge < -0.3 is 35.7 Å². The number of anilines is 1. The quantitative estimate of drug-likeness (QED) is 0.0951. The molecule has 0 unspecified atom stereocenters. The summed E-state index contributed by atoms with van der Waals surface area (Å²) in [6.07, 6.45) is 0.818. The van der Waals surface area contributed by atoms with E-state index in [2.05, 4.69) is 24.5 Å². The minimum absolute atomic E-state index is 0.0302. The summed E-state index contributed by atoms with van der Waals surface area (Å²) in [4.78, 5) is 13.5. The zero-order valence-electron chi connectivity index (χ0n) is 28.9. The summed E-state index contributed by atoms with van der Waals surface area (Å²) in [5.41, 5.74) is 9.65. The van der Waals surface area contributed by atoms with Gasteiger partial charge in [-0.2, -0.15) is 0 Å². The van der Waals surface area contributed by atoms with Gasteiger partial charge in [-0.3, -0.25) is 4.79 Å². The van der Waals surface area contributed by atoms with Crippen LogP contribution < -0.4 is 21.1 Å². The van der Waals surface area contributed by atoms with E-state index in [0.717, 1.165) is 28.8 Å². The van der Waals surface area contributed by atoms with Crippen LogP contribution in [0.3, 0.4) is 0 Å². The molecule has 0 radical (unpaired) electrons. The van der Waals surface area contributed by atoms with Gasteiger partial charge in [0.05, 0.1) is 32.0 Å². The highest BCUT2D eigenvalue weighted by Gasteiger charge is 2.30. The van der Waals surface area contributed by atoms with Gasteiger partial charge in [-0.05, 0) is 71.8 Å². The van der Waals surface area contributed by atoms with E-state index in [4.69, 9.17) is 19.9 Å². The lowest BCUT2D eigenvalue weighted by molar-refractivity contribution is -0.128. The largest absolute Gasteiger partial charge is 0.493 e. The van der Waals surface area contributed by atoms with Gasteiger partial charge in [0, 0.05) is 49.9 Å². The molecule has 3 aromatic rings. The summed E-state index contributed by atoms with van der Waals surface area (Å²) in [5, 5.41) is 17.5. The second-order valence-electron chi connectivity index (χ2n) is 12.8. The first-order valence-corrected chi connectivity index (χ1v) is 16.8. The average Bonchev–Trinajstić information content (AvgIpc) is 3.08. The first-order valence-electron chi connectivity index (χ1n) is 16.8. The van der Waals surface area contributed by atoms with Crippen LogP contribution in [0.4, 0.5) is 14.5 Å². The zero-order chi connectivity index (χ0) is 35.1. The van der Waals surface area contributed by atoms with Crippen molar-refractivity contribution in [2.45, 2.75) is 71.8 Å². The molecular weight excluding hydrogens is 616 g/mol. The molecule has 0 aliphatic heterocycles. The number of benzene rings is 3. The van der Waals surface area contributed by atoms with E-state index in [-0.39, 0.29) is 55.1 Å². The van der Waals surface area contributed by atoms with E-state index in [0.29, 0.717) is 31.9 Å². The molecule has 5 atom stereocenters. The number of methoxy groups -OCH3 is 1. The number of carbonyl (C=O) groups is 1. The van der Waals surface area contributed by atoms with Crippen LogP contribution in [0.1, 0.15) is 52.5 Å². The lowest BCUT2D eigenvalue weighted by Crippen LogP contribution is -2.49. The molecule has 8 nitrogen and oxygen atoms in total. The molecule has 0 spiro atoms. The molecule has 0 saturated carbocycles. The van der Waals surface area contributed by atoms with Crippen molar-refractivity contribution in [3.8, 4) is 16.9 Å². The highest BCUT2D eigenvalue weighted by Crippen LogP contribution is 2.32. The van der Waals surface area contributed by atoms with E-state index in [1.54, 1.807) is 31.4 Å². The second-order valence-corrected chi connectivity index (χ2v) is 12.8. The smallest absolute Gasteiger partial charge is 0.223 e. The third-order valence-electron chi connectivity index (χ3n) is 8.69. The zero-order valence-corrected chi connectivity index (χ0v) is 28.9. The minimum atomic E-state index is -0.955. The van der Waals surface area contributed by atoms with Gasteiger partial charge in [0.2, 0.25) is 5.91 Å². The number of aliphatic hydroxyl groups is 1. The molecule has 1 amide bonds. The van der Waals surface area contributed by atoms with Crippen molar-refractivity contribution in [1.29, 1.82) is 0 Å². The summed E-state index contributed by atoms with van der Waals surface area (Å²) >= 11 is 0. The summed E-state index contributed by atoms with van der Waals surface area (Å²) in [5.74, 6) is -0.398. The number of rotatable bonds is 21. The number of hydrogen-bond acceptors (Lipinski definition) is 7. The minimum Gasteiger partial charge on any atom is -0.493 e. The number of hydrogen-bond donors (Lipinski definition) is 4. The van der Waals surface area contributed by atoms with Gasteiger partial charge in [-0.25, -0.2) is 8.78 Å². The molecule has 0 aliphatic rings. The molecule has 0 fully saturated rings.